The molecule has 138 valence electrons. The fraction of sp³-hybridized carbons (Fsp3) is 0.765. The topological polar surface area (TPSA) is 86.4 Å². The fourth-order valence-electron chi connectivity index (χ4n) is 4.45. The van der Waals surface area contributed by atoms with E-state index in [9.17, 15) is 13.2 Å². The van der Waals surface area contributed by atoms with E-state index >= 15 is 0 Å². The van der Waals surface area contributed by atoms with Gasteiger partial charge in [-0.05, 0) is 25.2 Å². The number of nitrogens with zero attached hydrogens (tertiary/aromatic N) is 3. The number of aromatic nitrogens is 2. The minimum absolute atomic E-state index is 0.214. The number of hydrogen-bond acceptors (Lipinski definition) is 4. The molecule has 2 fully saturated rings. The van der Waals surface area contributed by atoms with Crippen molar-refractivity contribution in [2.24, 2.45) is 5.92 Å². The Hall–Kier alpha value is -1.41. The Labute approximate surface area is 148 Å². The zero-order chi connectivity index (χ0) is 17.7. The Bertz CT molecular complexity index is 761. The van der Waals surface area contributed by atoms with Gasteiger partial charge in [-0.2, -0.15) is 4.31 Å². The summed E-state index contributed by atoms with van der Waals surface area (Å²) in [4.78, 5) is 22.0. The molecule has 1 amide bonds. The Balaban J connectivity index is 1.53. The van der Waals surface area contributed by atoms with Gasteiger partial charge in [0, 0.05) is 38.2 Å². The molecule has 8 heteroatoms. The van der Waals surface area contributed by atoms with Gasteiger partial charge in [-0.15, -0.1) is 0 Å². The van der Waals surface area contributed by atoms with Crippen molar-refractivity contribution in [2.75, 3.05) is 25.9 Å². The van der Waals surface area contributed by atoms with Crippen molar-refractivity contribution in [3.8, 4) is 0 Å². The van der Waals surface area contributed by atoms with E-state index in [1.54, 1.807) is 10.6 Å². The first-order valence-corrected chi connectivity index (χ1v) is 11.0. The molecule has 1 spiro atoms. The normalized spacial score (nSPS) is 23.6. The average Bonchev–Trinajstić information content (AvgIpc) is 3.27. The summed E-state index contributed by atoms with van der Waals surface area (Å²) in [6.07, 6.45) is 8.99. The van der Waals surface area contributed by atoms with Gasteiger partial charge in [0.05, 0.1) is 23.8 Å². The van der Waals surface area contributed by atoms with Gasteiger partial charge < -0.3 is 9.88 Å². The van der Waals surface area contributed by atoms with Crippen LogP contribution in [0.25, 0.3) is 0 Å². The summed E-state index contributed by atoms with van der Waals surface area (Å²) in [5.41, 5.74) is 1.29. The maximum atomic E-state index is 12.4. The predicted octanol–water partition coefficient (Wildman–Crippen LogP) is 1.24. The van der Waals surface area contributed by atoms with E-state index in [0.717, 1.165) is 23.7 Å². The lowest BCUT2D eigenvalue weighted by Crippen LogP contribution is -2.58. The number of H-pyrrole nitrogens is 1. The highest BCUT2D eigenvalue weighted by Crippen LogP contribution is 2.43. The van der Waals surface area contributed by atoms with Crippen molar-refractivity contribution in [3.05, 3.63) is 17.7 Å². The van der Waals surface area contributed by atoms with Crippen LogP contribution in [0.2, 0.25) is 0 Å². The first-order chi connectivity index (χ1) is 11.9. The van der Waals surface area contributed by atoms with E-state index in [1.165, 1.54) is 19.1 Å². The highest BCUT2D eigenvalue weighted by Gasteiger charge is 2.50. The number of carbonyl (C=O) groups excluding carboxylic acids is 1. The molecule has 25 heavy (non-hydrogen) atoms. The third-order valence-corrected chi connectivity index (χ3v) is 7.34. The molecule has 0 unspecified atom stereocenters. The number of amides is 1. The molecule has 3 aliphatic rings. The quantitative estimate of drug-likeness (QED) is 0.868. The van der Waals surface area contributed by atoms with Crippen LogP contribution in [0, 0.1) is 5.92 Å². The van der Waals surface area contributed by atoms with E-state index in [-0.39, 0.29) is 5.91 Å². The van der Waals surface area contributed by atoms with Crippen molar-refractivity contribution in [1.29, 1.82) is 0 Å². The summed E-state index contributed by atoms with van der Waals surface area (Å²) in [6.45, 7) is 1.67. The zero-order valence-electron chi connectivity index (χ0n) is 14.7. The second-order valence-corrected chi connectivity index (χ2v) is 9.62. The first-order valence-electron chi connectivity index (χ1n) is 9.18. The van der Waals surface area contributed by atoms with Crippen LogP contribution in [-0.2, 0) is 26.8 Å². The van der Waals surface area contributed by atoms with Crippen LogP contribution in [0.3, 0.4) is 0 Å². The summed E-state index contributed by atoms with van der Waals surface area (Å²) in [5, 5.41) is 0. The number of rotatable bonds is 4. The number of carbonyl (C=O) groups is 1. The molecule has 1 saturated heterocycles. The van der Waals surface area contributed by atoms with Crippen LogP contribution in [0.5, 0.6) is 0 Å². The highest BCUT2D eigenvalue weighted by molar-refractivity contribution is 7.88. The maximum Gasteiger partial charge on any atom is 0.222 e. The van der Waals surface area contributed by atoms with Crippen molar-refractivity contribution in [3.63, 3.8) is 0 Å². The number of hydrogen-bond donors (Lipinski definition) is 1. The molecule has 4 rings (SSSR count). The molecule has 1 saturated carbocycles. The number of likely N-dealkylation sites (tertiary alicyclic amines) is 1. The van der Waals surface area contributed by atoms with Crippen molar-refractivity contribution < 1.29 is 13.2 Å². The fourth-order valence-corrected chi connectivity index (χ4v) is 5.77. The zero-order valence-corrected chi connectivity index (χ0v) is 15.5. The summed E-state index contributed by atoms with van der Waals surface area (Å²) in [6, 6.07) is 0. The number of sulfonamides is 1. The number of piperidine rings is 1. The summed E-state index contributed by atoms with van der Waals surface area (Å²) in [5.74, 6) is 0.969. The second-order valence-electron chi connectivity index (χ2n) is 7.71. The van der Waals surface area contributed by atoms with Gasteiger partial charge in [-0.1, -0.05) is 12.8 Å². The predicted molar refractivity (Wildman–Crippen MR) is 93.3 cm³/mol. The smallest absolute Gasteiger partial charge is 0.222 e. The molecule has 1 aromatic heterocycles. The highest BCUT2D eigenvalue weighted by atomic mass is 32.2. The molecule has 0 aromatic carbocycles. The maximum absolute atomic E-state index is 12.4. The van der Waals surface area contributed by atoms with Gasteiger partial charge in [0.1, 0.15) is 0 Å². The number of imidazole rings is 1. The molecule has 0 bridgehead atoms. The van der Waals surface area contributed by atoms with Gasteiger partial charge in [0.15, 0.2) is 0 Å². The lowest BCUT2D eigenvalue weighted by Gasteiger charge is -2.49. The molecular weight excluding hydrogens is 340 g/mol. The Morgan fingerprint density at radius 3 is 2.68 bits per heavy atom. The first kappa shape index (κ1) is 17.0. The number of fused-ring (bicyclic) bond motifs is 2. The molecule has 1 aliphatic carbocycles. The van der Waals surface area contributed by atoms with Crippen LogP contribution in [0.15, 0.2) is 6.33 Å². The third-order valence-electron chi connectivity index (χ3n) is 6.01. The SMILES string of the molecule is CS(=O)(=O)N1CCc2[nH]cnc2C12CCN(C(=O)CCC1CC1)CC2. The van der Waals surface area contributed by atoms with Crippen LogP contribution in [-0.4, -0.2) is 59.4 Å². The van der Waals surface area contributed by atoms with Crippen LogP contribution < -0.4 is 0 Å². The van der Waals surface area contributed by atoms with Crippen molar-refractivity contribution >= 4 is 15.9 Å². The van der Waals surface area contributed by atoms with Crippen LogP contribution in [0.1, 0.15) is 49.9 Å². The van der Waals surface area contributed by atoms with E-state index in [4.69, 9.17) is 0 Å². The van der Waals surface area contributed by atoms with Gasteiger partial charge in [0.2, 0.25) is 15.9 Å². The summed E-state index contributed by atoms with van der Waals surface area (Å²) < 4.78 is 26.4. The Kier molecular flexibility index (Phi) is 4.15. The lowest BCUT2D eigenvalue weighted by atomic mass is 9.80. The monoisotopic (exact) mass is 366 g/mol. The molecule has 7 nitrogen and oxygen atoms in total. The average molecular weight is 366 g/mol. The van der Waals surface area contributed by atoms with Gasteiger partial charge in [0.25, 0.3) is 0 Å². The van der Waals surface area contributed by atoms with Crippen molar-refractivity contribution in [1.82, 2.24) is 19.2 Å². The van der Waals surface area contributed by atoms with Gasteiger partial charge >= 0.3 is 0 Å². The summed E-state index contributed by atoms with van der Waals surface area (Å²) in [7, 11) is -3.33. The largest absolute Gasteiger partial charge is 0.348 e. The van der Waals surface area contributed by atoms with Crippen LogP contribution in [0.4, 0.5) is 0 Å². The number of aromatic amines is 1. The van der Waals surface area contributed by atoms with E-state index < -0.39 is 15.6 Å². The molecule has 1 N–H and O–H groups in total. The Morgan fingerprint density at radius 1 is 1.32 bits per heavy atom. The lowest BCUT2D eigenvalue weighted by molar-refractivity contribution is -0.133. The van der Waals surface area contributed by atoms with E-state index in [0.29, 0.717) is 45.3 Å². The second kappa shape index (κ2) is 6.09. The molecule has 2 aliphatic heterocycles. The minimum Gasteiger partial charge on any atom is -0.348 e. The minimum atomic E-state index is -3.33. The third kappa shape index (κ3) is 3.10. The van der Waals surface area contributed by atoms with Crippen LogP contribution >= 0.6 is 0 Å². The number of nitrogens with one attached hydrogen (secondary N) is 1. The Morgan fingerprint density at radius 2 is 2.04 bits per heavy atom. The van der Waals surface area contributed by atoms with Crippen molar-refractivity contribution in [2.45, 2.75) is 50.5 Å². The van der Waals surface area contributed by atoms with Gasteiger partial charge in [-0.3, -0.25) is 4.79 Å². The van der Waals surface area contributed by atoms with Gasteiger partial charge in [-0.25, -0.2) is 13.4 Å². The molecule has 1 aromatic rings. The van der Waals surface area contributed by atoms with E-state index in [1.807, 2.05) is 4.90 Å². The summed E-state index contributed by atoms with van der Waals surface area (Å²) >= 11 is 0. The molecule has 0 atom stereocenters. The molecular formula is C17H26N4O3S. The molecule has 0 radical (unpaired) electrons. The van der Waals surface area contributed by atoms with E-state index in [2.05, 4.69) is 9.97 Å². The standard InChI is InChI=1S/C17H26N4O3S/c1-25(23,24)21-9-6-14-16(19-12-18-14)17(21)7-10-20(11-8-17)15(22)5-4-13-2-3-13/h12-13H,2-11H2,1H3,(H,18,19). The molecule has 3 heterocycles.